The molecule has 3 heteroatoms. The summed E-state index contributed by atoms with van der Waals surface area (Å²) in [5.41, 5.74) is 1.76. The average Bonchev–Trinajstić information content (AvgIpc) is 2.40. The van der Waals surface area contributed by atoms with Gasteiger partial charge in [-0.1, -0.05) is 12.2 Å². The summed E-state index contributed by atoms with van der Waals surface area (Å²) >= 11 is 0. The summed E-state index contributed by atoms with van der Waals surface area (Å²) in [5.74, 6) is 0.0949. The fourth-order valence-corrected chi connectivity index (χ4v) is 2.38. The molecule has 3 aliphatic rings. The van der Waals surface area contributed by atoms with Crippen LogP contribution in [0.5, 0.6) is 0 Å². The van der Waals surface area contributed by atoms with Crippen LogP contribution in [-0.4, -0.2) is 17.9 Å². The quantitative estimate of drug-likeness (QED) is 0.577. The van der Waals surface area contributed by atoms with Crippen LogP contribution in [0.3, 0.4) is 0 Å². The highest BCUT2D eigenvalue weighted by atomic mass is 16.7. The van der Waals surface area contributed by atoms with E-state index in [2.05, 4.69) is 12.2 Å². The van der Waals surface area contributed by atoms with Crippen LogP contribution in [0.25, 0.3) is 0 Å². The lowest BCUT2D eigenvalue weighted by Crippen LogP contribution is -2.45. The first-order valence-corrected chi connectivity index (χ1v) is 5.99. The Hall–Kier alpha value is -1.61. The second-order valence-electron chi connectivity index (χ2n) is 4.60. The van der Waals surface area contributed by atoms with Crippen molar-refractivity contribution in [1.82, 2.24) is 0 Å². The van der Waals surface area contributed by atoms with Gasteiger partial charge < -0.3 is 0 Å². The molecular weight excluding hydrogens is 214 g/mol. The topological polar surface area (TPSA) is 29.5 Å². The maximum absolute atomic E-state index is 11.2. The molecule has 17 heavy (non-hydrogen) atoms. The van der Waals surface area contributed by atoms with Gasteiger partial charge in [-0.25, -0.2) is 5.06 Å². The minimum Gasteiger partial charge on any atom is -0.295 e. The maximum atomic E-state index is 11.2. The number of carbonyl (C=O) groups excluding carboxylic acids is 1. The van der Waals surface area contributed by atoms with Crippen LogP contribution in [-0.2, 0) is 4.84 Å². The molecule has 88 valence electrons. The zero-order valence-electron chi connectivity index (χ0n) is 9.80. The Morgan fingerprint density at radius 1 is 1.24 bits per heavy atom. The van der Waals surface area contributed by atoms with Gasteiger partial charge in [-0.15, -0.1) is 0 Å². The second kappa shape index (κ2) is 4.00. The predicted octanol–water partition coefficient (Wildman–Crippen LogP) is 2.73. The van der Waals surface area contributed by atoms with Gasteiger partial charge in [0.25, 0.3) is 0 Å². The van der Waals surface area contributed by atoms with Crippen LogP contribution in [0, 0.1) is 0 Å². The molecule has 0 spiro atoms. The number of rotatable bonds is 2. The molecule has 0 saturated carbocycles. The molecule has 2 bridgehead atoms. The van der Waals surface area contributed by atoms with Crippen molar-refractivity contribution in [3.63, 3.8) is 0 Å². The Morgan fingerprint density at radius 2 is 2.00 bits per heavy atom. The van der Waals surface area contributed by atoms with Crippen molar-refractivity contribution in [2.24, 2.45) is 0 Å². The van der Waals surface area contributed by atoms with Crippen molar-refractivity contribution in [1.29, 1.82) is 0 Å². The molecule has 2 heterocycles. The van der Waals surface area contributed by atoms with Crippen LogP contribution in [0.1, 0.15) is 30.1 Å². The van der Waals surface area contributed by atoms with Gasteiger partial charge in [-0.05, 0) is 44.0 Å². The molecule has 3 nitrogen and oxygen atoms in total. The molecular formula is C14H15NO2. The highest BCUT2D eigenvalue weighted by molar-refractivity contribution is 5.94. The Labute approximate surface area is 101 Å². The maximum Gasteiger partial charge on any atom is 0.159 e. The van der Waals surface area contributed by atoms with Crippen molar-refractivity contribution in [2.45, 2.75) is 31.9 Å². The van der Waals surface area contributed by atoms with Crippen LogP contribution < -0.4 is 5.06 Å². The Morgan fingerprint density at radius 3 is 2.47 bits per heavy atom. The van der Waals surface area contributed by atoms with Crippen molar-refractivity contribution >= 4 is 11.5 Å². The standard InChI is InChI=1S/C14H15NO2/c1-10(16)11-2-4-12(5-3-11)15-13-6-8-14(17-15)9-7-13/h2-6,8,13-14H,7,9H2,1H3/t13-,14+/m1/s1. The smallest absolute Gasteiger partial charge is 0.159 e. The van der Waals surface area contributed by atoms with E-state index in [0.29, 0.717) is 6.04 Å². The number of carbonyl (C=O) groups is 1. The summed E-state index contributed by atoms with van der Waals surface area (Å²) in [6.07, 6.45) is 6.79. The molecule has 2 aliphatic heterocycles. The van der Waals surface area contributed by atoms with Crippen LogP contribution >= 0.6 is 0 Å². The van der Waals surface area contributed by atoms with Gasteiger partial charge in [0.2, 0.25) is 0 Å². The van der Waals surface area contributed by atoms with Gasteiger partial charge in [0.15, 0.2) is 5.78 Å². The average molecular weight is 229 g/mol. The SMILES string of the molecule is CC(=O)c1ccc(N2O[C@H]3C=C[C@@H]2CC3)cc1. The number of nitrogens with zero attached hydrogens (tertiary/aromatic N) is 1. The fraction of sp³-hybridized carbons (Fsp3) is 0.357. The van der Waals surface area contributed by atoms with Gasteiger partial charge in [0, 0.05) is 5.56 Å². The summed E-state index contributed by atoms with van der Waals surface area (Å²) in [5, 5.41) is 1.96. The van der Waals surface area contributed by atoms with Crippen molar-refractivity contribution in [3.8, 4) is 0 Å². The fourth-order valence-electron chi connectivity index (χ4n) is 2.38. The van der Waals surface area contributed by atoms with Gasteiger partial charge in [-0.3, -0.25) is 9.63 Å². The lowest BCUT2D eigenvalue weighted by atomic mass is 9.98. The number of hydroxylamine groups is 1. The Balaban J connectivity index is 1.85. The van der Waals surface area contributed by atoms with E-state index >= 15 is 0 Å². The van der Waals surface area contributed by atoms with E-state index in [1.54, 1.807) is 6.92 Å². The number of fused-ring (bicyclic) bond motifs is 2. The van der Waals surface area contributed by atoms with Gasteiger partial charge in [0.1, 0.15) is 6.10 Å². The van der Waals surface area contributed by atoms with Gasteiger partial charge in [-0.2, -0.15) is 0 Å². The third kappa shape index (κ3) is 1.87. The molecule has 0 N–H and O–H groups in total. The Bertz CT molecular complexity index is 464. The summed E-state index contributed by atoms with van der Waals surface area (Å²) in [4.78, 5) is 17.0. The van der Waals surface area contributed by atoms with E-state index < -0.39 is 0 Å². The van der Waals surface area contributed by atoms with E-state index in [9.17, 15) is 4.79 Å². The highest BCUT2D eigenvalue weighted by Crippen LogP contribution is 2.32. The Kier molecular flexibility index (Phi) is 2.48. The number of ketones is 1. The van der Waals surface area contributed by atoms with E-state index in [1.807, 2.05) is 29.3 Å². The summed E-state index contributed by atoms with van der Waals surface area (Å²) < 4.78 is 0. The number of hydrogen-bond donors (Lipinski definition) is 0. The molecule has 0 amide bonds. The van der Waals surface area contributed by atoms with Crippen LogP contribution in [0.2, 0.25) is 0 Å². The van der Waals surface area contributed by atoms with Gasteiger partial charge in [0.05, 0.1) is 11.7 Å². The summed E-state index contributed by atoms with van der Waals surface area (Å²) in [6.45, 7) is 1.58. The molecule has 0 radical (unpaired) electrons. The van der Waals surface area contributed by atoms with E-state index in [4.69, 9.17) is 4.84 Å². The number of Topliss-reactive ketones (excluding diaryl/α,β-unsaturated/α-hetero) is 1. The number of hydrogen-bond acceptors (Lipinski definition) is 3. The zero-order chi connectivity index (χ0) is 11.8. The summed E-state index contributed by atoms with van der Waals surface area (Å²) in [6, 6.07) is 7.94. The van der Waals surface area contributed by atoms with Crippen molar-refractivity contribution in [2.75, 3.05) is 5.06 Å². The summed E-state index contributed by atoms with van der Waals surface area (Å²) in [7, 11) is 0. The first-order chi connectivity index (χ1) is 8.24. The molecule has 1 fully saturated rings. The number of benzene rings is 1. The largest absolute Gasteiger partial charge is 0.295 e. The van der Waals surface area contributed by atoms with E-state index in [-0.39, 0.29) is 11.9 Å². The van der Waals surface area contributed by atoms with E-state index in [0.717, 1.165) is 24.1 Å². The van der Waals surface area contributed by atoms with Crippen LogP contribution in [0.4, 0.5) is 5.69 Å². The first-order valence-electron chi connectivity index (χ1n) is 5.99. The van der Waals surface area contributed by atoms with Crippen molar-refractivity contribution in [3.05, 3.63) is 42.0 Å². The predicted molar refractivity (Wildman–Crippen MR) is 66.0 cm³/mol. The molecule has 0 unspecified atom stereocenters. The molecule has 0 aromatic heterocycles. The normalized spacial score (nSPS) is 26.3. The third-order valence-electron chi connectivity index (χ3n) is 3.37. The molecule has 4 rings (SSSR count). The van der Waals surface area contributed by atoms with Crippen LogP contribution in [0.15, 0.2) is 36.4 Å². The first kappa shape index (κ1) is 10.5. The monoisotopic (exact) mass is 229 g/mol. The third-order valence-corrected chi connectivity index (χ3v) is 3.37. The highest BCUT2D eigenvalue weighted by Gasteiger charge is 2.31. The lowest BCUT2D eigenvalue weighted by Gasteiger charge is -2.41. The minimum absolute atomic E-state index is 0.0949. The lowest BCUT2D eigenvalue weighted by molar-refractivity contribution is 0.00352. The van der Waals surface area contributed by atoms with Gasteiger partial charge >= 0.3 is 0 Å². The van der Waals surface area contributed by atoms with Crippen molar-refractivity contribution < 1.29 is 9.63 Å². The molecule has 1 saturated heterocycles. The zero-order valence-corrected chi connectivity index (χ0v) is 9.80. The molecule has 2 atom stereocenters. The number of anilines is 1. The second-order valence-corrected chi connectivity index (χ2v) is 4.60. The molecule has 1 aliphatic carbocycles. The van der Waals surface area contributed by atoms with E-state index in [1.165, 1.54) is 0 Å². The minimum atomic E-state index is 0.0949. The molecule has 1 aromatic carbocycles. The molecule has 1 aromatic rings.